The molecule has 0 atom stereocenters. The molecule has 1 saturated heterocycles. The van der Waals surface area contributed by atoms with Crippen molar-refractivity contribution < 1.29 is 14.3 Å². The molecule has 0 aliphatic carbocycles. The van der Waals surface area contributed by atoms with Gasteiger partial charge in [-0.3, -0.25) is 9.59 Å². The van der Waals surface area contributed by atoms with E-state index >= 15 is 0 Å². The number of esters is 1. The smallest absolute Gasteiger partial charge is 0.339 e. The lowest BCUT2D eigenvalue weighted by Crippen LogP contribution is -2.29. The highest BCUT2D eigenvalue weighted by atomic mass is 16.5. The number of benzene rings is 1. The van der Waals surface area contributed by atoms with Crippen LogP contribution in [-0.2, 0) is 9.53 Å². The number of fused-ring (bicyclic) bond motifs is 1. The highest BCUT2D eigenvalue weighted by molar-refractivity contribution is 6.03. The summed E-state index contributed by atoms with van der Waals surface area (Å²) in [4.78, 5) is 39.6. The van der Waals surface area contributed by atoms with E-state index in [0.29, 0.717) is 30.4 Å². The Hall–Kier alpha value is -2.63. The molecule has 0 spiro atoms. The van der Waals surface area contributed by atoms with Crippen LogP contribution in [0.2, 0.25) is 0 Å². The van der Waals surface area contributed by atoms with E-state index < -0.39 is 5.97 Å². The highest BCUT2D eigenvalue weighted by Crippen LogP contribution is 2.15. The maximum absolute atomic E-state index is 12.2. The Bertz CT molecular complexity index is 781. The van der Waals surface area contributed by atoms with Crippen molar-refractivity contribution in [3.05, 3.63) is 46.2 Å². The molecule has 1 aromatic heterocycles. The first-order chi connectivity index (χ1) is 10.6. The molecule has 6 heteroatoms. The fourth-order valence-corrected chi connectivity index (χ4v) is 2.64. The maximum Gasteiger partial charge on any atom is 0.339 e. The van der Waals surface area contributed by atoms with E-state index in [1.54, 1.807) is 29.2 Å². The third-order valence-electron chi connectivity index (χ3n) is 3.74. The molecular weight excluding hydrogens is 284 g/mol. The Morgan fingerprint density at radius 3 is 2.86 bits per heavy atom. The number of amides is 1. The Morgan fingerprint density at radius 2 is 2.09 bits per heavy atom. The summed E-state index contributed by atoms with van der Waals surface area (Å²) >= 11 is 0. The van der Waals surface area contributed by atoms with E-state index in [1.807, 2.05) is 0 Å². The van der Waals surface area contributed by atoms with Crippen molar-refractivity contribution in [2.75, 3.05) is 19.7 Å². The van der Waals surface area contributed by atoms with Gasteiger partial charge < -0.3 is 14.6 Å². The van der Waals surface area contributed by atoms with E-state index in [2.05, 4.69) is 4.98 Å². The molecule has 1 aliphatic rings. The number of hydrogen-bond donors (Lipinski definition) is 1. The van der Waals surface area contributed by atoms with Crippen LogP contribution < -0.4 is 5.56 Å². The lowest BCUT2D eigenvalue weighted by Gasteiger charge is -2.15. The van der Waals surface area contributed by atoms with Crippen LogP contribution in [0.1, 0.15) is 23.2 Å². The van der Waals surface area contributed by atoms with Gasteiger partial charge in [0.2, 0.25) is 11.5 Å². The third-order valence-corrected chi connectivity index (χ3v) is 3.74. The minimum absolute atomic E-state index is 0.0951. The summed E-state index contributed by atoms with van der Waals surface area (Å²) < 4.78 is 5.22. The number of hydrogen-bond acceptors (Lipinski definition) is 4. The molecule has 22 heavy (non-hydrogen) atoms. The summed E-state index contributed by atoms with van der Waals surface area (Å²) in [6.07, 6.45) is 1.41. The molecule has 1 N–H and O–H groups in total. The molecule has 3 rings (SSSR count). The predicted molar refractivity (Wildman–Crippen MR) is 80.7 cm³/mol. The number of carbonyl (C=O) groups is 2. The number of ether oxygens (including phenoxy) is 1. The zero-order valence-electron chi connectivity index (χ0n) is 12.0. The largest absolute Gasteiger partial charge is 0.460 e. The number of carbonyl (C=O) groups excluding carboxylic acids is 2. The maximum atomic E-state index is 12.2. The lowest BCUT2D eigenvalue weighted by atomic mass is 10.1. The molecule has 0 unspecified atom stereocenters. The molecule has 2 heterocycles. The Balaban J connectivity index is 1.72. The monoisotopic (exact) mass is 300 g/mol. The van der Waals surface area contributed by atoms with Crippen LogP contribution in [0.3, 0.4) is 0 Å². The predicted octanol–water partition coefficient (Wildman–Crippen LogP) is 1.31. The molecule has 1 aromatic carbocycles. The fraction of sp³-hybridized carbons (Fsp3) is 0.312. The van der Waals surface area contributed by atoms with Crippen molar-refractivity contribution in [2.45, 2.75) is 12.8 Å². The normalized spacial score (nSPS) is 14.5. The van der Waals surface area contributed by atoms with E-state index in [-0.39, 0.29) is 23.6 Å². The summed E-state index contributed by atoms with van der Waals surface area (Å²) in [5, 5.41) is 0.643. The van der Waals surface area contributed by atoms with E-state index in [0.717, 1.165) is 6.42 Å². The molecule has 1 amide bonds. The standard InChI is InChI=1S/C16H16N2O4/c19-14-10-12(11-4-1-2-5-13(11)17-14)16(21)22-9-8-18-7-3-6-15(18)20/h1-2,4-5,10H,3,6-9H2,(H,17,19). The number of nitrogens with zero attached hydrogens (tertiary/aromatic N) is 1. The first-order valence-corrected chi connectivity index (χ1v) is 7.22. The van der Waals surface area contributed by atoms with Gasteiger partial charge in [-0.1, -0.05) is 18.2 Å². The third kappa shape index (κ3) is 2.86. The second kappa shape index (κ2) is 6.01. The van der Waals surface area contributed by atoms with Gasteiger partial charge >= 0.3 is 5.97 Å². The van der Waals surface area contributed by atoms with Crippen LogP contribution in [0, 0.1) is 0 Å². The van der Waals surface area contributed by atoms with Gasteiger partial charge in [0.25, 0.3) is 0 Å². The quantitative estimate of drug-likeness (QED) is 0.863. The molecule has 6 nitrogen and oxygen atoms in total. The number of rotatable bonds is 4. The van der Waals surface area contributed by atoms with Gasteiger partial charge in [-0.15, -0.1) is 0 Å². The number of aromatic amines is 1. The number of H-pyrrole nitrogens is 1. The molecule has 114 valence electrons. The number of likely N-dealkylation sites (tertiary alicyclic amines) is 1. The second-order valence-corrected chi connectivity index (χ2v) is 5.21. The van der Waals surface area contributed by atoms with Gasteiger partial charge in [-0.25, -0.2) is 4.79 Å². The van der Waals surface area contributed by atoms with E-state index in [1.165, 1.54) is 6.07 Å². The van der Waals surface area contributed by atoms with Crippen LogP contribution in [0.5, 0.6) is 0 Å². The molecule has 1 aliphatic heterocycles. The number of pyridine rings is 1. The first-order valence-electron chi connectivity index (χ1n) is 7.22. The summed E-state index contributed by atoms with van der Waals surface area (Å²) in [5.41, 5.74) is 0.490. The first kappa shape index (κ1) is 14.3. The van der Waals surface area contributed by atoms with Gasteiger partial charge in [-0.05, 0) is 12.5 Å². The zero-order chi connectivity index (χ0) is 15.5. The molecular formula is C16H16N2O4. The van der Waals surface area contributed by atoms with Gasteiger partial charge in [-0.2, -0.15) is 0 Å². The Labute approximate surface area is 126 Å². The van der Waals surface area contributed by atoms with Crippen molar-refractivity contribution in [2.24, 2.45) is 0 Å². The van der Waals surface area contributed by atoms with Crippen LogP contribution >= 0.6 is 0 Å². The van der Waals surface area contributed by atoms with E-state index in [4.69, 9.17) is 4.74 Å². The van der Waals surface area contributed by atoms with Crippen molar-refractivity contribution in [1.82, 2.24) is 9.88 Å². The summed E-state index contributed by atoms with van der Waals surface area (Å²) in [5.74, 6) is -0.452. The van der Waals surface area contributed by atoms with Crippen LogP contribution in [0.4, 0.5) is 0 Å². The SMILES string of the molecule is O=C(OCCN1CCCC1=O)c1cc(=O)[nH]c2ccccc12. The lowest BCUT2D eigenvalue weighted by molar-refractivity contribution is -0.128. The van der Waals surface area contributed by atoms with Crippen molar-refractivity contribution >= 4 is 22.8 Å². The molecule has 0 radical (unpaired) electrons. The minimum atomic E-state index is -0.547. The summed E-state index contributed by atoms with van der Waals surface area (Å²) in [7, 11) is 0. The highest BCUT2D eigenvalue weighted by Gasteiger charge is 2.20. The van der Waals surface area contributed by atoms with Gasteiger partial charge in [0, 0.05) is 29.9 Å². The summed E-state index contributed by atoms with van der Waals surface area (Å²) in [6.45, 7) is 1.24. The van der Waals surface area contributed by atoms with Gasteiger partial charge in [0.15, 0.2) is 0 Å². The van der Waals surface area contributed by atoms with Gasteiger partial charge in [0.1, 0.15) is 6.61 Å². The average molecular weight is 300 g/mol. The van der Waals surface area contributed by atoms with Crippen molar-refractivity contribution in [3.63, 3.8) is 0 Å². The Morgan fingerprint density at radius 1 is 1.27 bits per heavy atom. The van der Waals surface area contributed by atoms with E-state index in [9.17, 15) is 14.4 Å². The van der Waals surface area contributed by atoms with Crippen molar-refractivity contribution in [3.8, 4) is 0 Å². The topological polar surface area (TPSA) is 79.5 Å². The summed E-state index contributed by atoms with van der Waals surface area (Å²) in [6, 6.07) is 8.31. The van der Waals surface area contributed by atoms with Gasteiger partial charge in [0.05, 0.1) is 12.1 Å². The second-order valence-electron chi connectivity index (χ2n) is 5.21. The Kier molecular flexibility index (Phi) is 3.91. The molecule has 0 bridgehead atoms. The molecule has 2 aromatic rings. The number of nitrogens with one attached hydrogen (secondary N) is 1. The minimum Gasteiger partial charge on any atom is -0.460 e. The fourth-order valence-electron chi connectivity index (χ4n) is 2.64. The van der Waals surface area contributed by atoms with Crippen LogP contribution in [0.25, 0.3) is 10.9 Å². The molecule has 0 saturated carbocycles. The number of para-hydroxylation sites is 1. The number of aromatic nitrogens is 1. The molecule has 1 fully saturated rings. The average Bonchev–Trinajstić information content (AvgIpc) is 2.91. The zero-order valence-corrected chi connectivity index (χ0v) is 12.0. The van der Waals surface area contributed by atoms with Crippen LogP contribution in [-0.4, -0.2) is 41.5 Å². The van der Waals surface area contributed by atoms with Crippen LogP contribution in [0.15, 0.2) is 35.1 Å². The van der Waals surface area contributed by atoms with Crippen molar-refractivity contribution in [1.29, 1.82) is 0 Å².